The Hall–Kier alpha value is -1.48. The lowest BCUT2D eigenvalue weighted by Crippen LogP contribution is -1.94. The lowest BCUT2D eigenvalue weighted by molar-refractivity contribution is 0.628. The molecule has 0 aliphatic rings. The summed E-state index contributed by atoms with van der Waals surface area (Å²) in [4.78, 5) is 0. The quantitative estimate of drug-likeness (QED) is 0.834. The Kier molecular flexibility index (Phi) is 4.48. The van der Waals surface area contributed by atoms with Crippen molar-refractivity contribution in [2.24, 2.45) is 0 Å². The number of rotatable bonds is 4. The van der Waals surface area contributed by atoms with Gasteiger partial charge in [-0.1, -0.05) is 35.4 Å². The van der Waals surface area contributed by atoms with Crippen molar-refractivity contribution >= 4 is 17.4 Å². The Morgan fingerprint density at radius 2 is 1.68 bits per heavy atom. The van der Waals surface area contributed by atoms with Gasteiger partial charge in [0.05, 0.1) is 0 Å². The fraction of sp³-hybridized carbons (Fsp3) is 0.250. The molecular formula is C16H18FNS. The molecule has 19 heavy (non-hydrogen) atoms. The number of benzene rings is 2. The van der Waals surface area contributed by atoms with E-state index in [0.717, 1.165) is 17.1 Å². The largest absolute Gasteiger partial charge is 0.398 e. The standard InChI is InChI=1S/C16H18FNS/c1-11-5-12(2)7-13(6-11)9-19-10-14-3-4-15(17)8-16(14)18/h3-8H,9-10,18H2,1-2H3. The monoisotopic (exact) mass is 275 g/mol. The lowest BCUT2D eigenvalue weighted by atomic mass is 10.1. The Morgan fingerprint density at radius 3 is 2.32 bits per heavy atom. The van der Waals surface area contributed by atoms with E-state index in [1.54, 1.807) is 17.8 Å². The molecule has 0 atom stereocenters. The summed E-state index contributed by atoms with van der Waals surface area (Å²) in [6.45, 7) is 4.22. The first-order chi connectivity index (χ1) is 9.04. The van der Waals surface area contributed by atoms with Crippen LogP contribution in [0.3, 0.4) is 0 Å². The SMILES string of the molecule is Cc1cc(C)cc(CSCc2ccc(F)cc2N)c1. The minimum atomic E-state index is -0.277. The highest BCUT2D eigenvalue weighted by atomic mass is 32.2. The molecule has 0 amide bonds. The summed E-state index contributed by atoms with van der Waals surface area (Å²) in [6, 6.07) is 11.2. The van der Waals surface area contributed by atoms with E-state index in [1.807, 2.05) is 0 Å². The van der Waals surface area contributed by atoms with Crippen LogP contribution >= 0.6 is 11.8 Å². The van der Waals surface area contributed by atoms with Crippen molar-refractivity contribution < 1.29 is 4.39 Å². The van der Waals surface area contributed by atoms with E-state index in [-0.39, 0.29) is 5.82 Å². The average Bonchev–Trinajstić information content (AvgIpc) is 2.30. The highest BCUT2D eigenvalue weighted by Crippen LogP contribution is 2.23. The number of anilines is 1. The Bertz CT molecular complexity index is 561. The molecule has 2 aromatic carbocycles. The summed E-state index contributed by atoms with van der Waals surface area (Å²) in [5, 5.41) is 0. The van der Waals surface area contributed by atoms with Gasteiger partial charge in [-0.25, -0.2) is 4.39 Å². The summed E-state index contributed by atoms with van der Waals surface area (Å²) >= 11 is 1.79. The molecule has 0 aliphatic carbocycles. The van der Waals surface area contributed by atoms with Gasteiger partial charge >= 0.3 is 0 Å². The zero-order valence-corrected chi connectivity index (χ0v) is 12.1. The average molecular weight is 275 g/mol. The zero-order chi connectivity index (χ0) is 13.8. The normalized spacial score (nSPS) is 10.7. The Labute approximate surface area is 118 Å². The van der Waals surface area contributed by atoms with Crippen molar-refractivity contribution in [1.29, 1.82) is 0 Å². The van der Waals surface area contributed by atoms with Crippen LogP contribution in [0.15, 0.2) is 36.4 Å². The Morgan fingerprint density at radius 1 is 1.00 bits per heavy atom. The molecule has 100 valence electrons. The number of thioether (sulfide) groups is 1. The molecule has 2 aromatic rings. The van der Waals surface area contributed by atoms with Gasteiger partial charge in [0.15, 0.2) is 0 Å². The molecule has 0 saturated heterocycles. The van der Waals surface area contributed by atoms with Crippen LogP contribution in [0.1, 0.15) is 22.3 Å². The van der Waals surface area contributed by atoms with Crippen molar-refractivity contribution in [1.82, 2.24) is 0 Å². The first-order valence-corrected chi connectivity index (χ1v) is 7.39. The van der Waals surface area contributed by atoms with Crippen LogP contribution in [0.25, 0.3) is 0 Å². The third-order valence-corrected chi connectivity index (χ3v) is 3.97. The number of nitrogen functional groups attached to an aromatic ring is 1. The second-order valence-corrected chi connectivity index (χ2v) is 5.82. The molecule has 1 nitrogen and oxygen atoms in total. The smallest absolute Gasteiger partial charge is 0.125 e. The molecule has 2 rings (SSSR count). The summed E-state index contributed by atoms with van der Waals surface area (Å²) in [7, 11) is 0. The molecule has 0 aromatic heterocycles. The zero-order valence-electron chi connectivity index (χ0n) is 11.2. The number of hydrogen-bond donors (Lipinski definition) is 1. The molecule has 2 N–H and O–H groups in total. The maximum atomic E-state index is 12.9. The predicted octanol–water partition coefficient (Wildman–Crippen LogP) is 4.46. The van der Waals surface area contributed by atoms with Crippen LogP contribution in [-0.2, 0) is 11.5 Å². The van der Waals surface area contributed by atoms with E-state index in [2.05, 4.69) is 32.0 Å². The van der Waals surface area contributed by atoms with E-state index in [4.69, 9.17) is 5.73 Å². The van der Waals surface area contributed by atoms with Gasteiger partial charge in [-0.3, -0.25) is 0 Å². The first-order valence-electron chi connectivity index (χ1n) is 6.23. The van der Waals surface area contributed by atoms with E-state index in [1.165, 1.54) is 28.8 Å². The van der Waals surface area contributed by atoms with Crippen LogP contribution < -0.4 is 5.73 Å². The fourth-order valence-corrected chi connectivity index (χ4v) is 3.12. The third-order valence-electron chi connectivity index (χ3n) is 2.92. The van der Waals surface area contributed by atoms with E-state index >= 15 is 0 Å². The molecule has 0 fully saturated rings. The van der Waals surface area contributed by atoms with Gasteiger partial charge in [-0.2, -0.15) is 11.8 Å². The van der Waals surface area contributed by atoms with Gasteiger partial charge in [-0.15, -0.1) is 0 Å². The Balaban J connectivity index is 1.96. The summed E-state index contributed by atoms with van der Waals surface area (Å²) in [5.41, 5.74) is 11.2. The van der Waals surface area contributed by atoms with Crippen LogP contribution in [0.2, 0.25) is 0 Å². The van der Waals surface area contributed by atoms with E-state index < -0.39 is 0 Å². The molecule has 0 aliphatic heterocycles. The lowest BCUT2D eigenvalue weighted by Gasteiger charge is -2.07. The van der Waals surface area contributed by atoms with Crippen molar-refractivity contribution in [2.45, 2.75) is 25.4 Å². The summed E-state index contributed by atoms with van der Waals surface area (Å²) < 4.78 is 12.9. The highest BCUT2D eigenvalue weighted by molar-refractivity contribution is 7.97. The van der Waals surface area contributed by atoms with Crippen molar-refractivity contribution in [2.75, 3.05) is 5.73 Å². The molecular weight excluding hydrogens is 257 g/mol. The molecule has 0 bridgehead atoms. The third kappa shape index (κ3) is 4.00. The summed E-state index contributed by atoms with van der Waals surface area (Å²) in [6.07, 6.45) is 0. The van der Waals surface area contributed by atoms with Gasteiger partial charge in [0.25, 0.3) is 0 Å². The van der Waals surface area contributed by atoms with Gasteiger partial charge in [0.2, 0.25) is 0 Å². The van der Waals surface area contributed by atoms with Crippen LogP contribution in [0.5, 0.6) is 0 Å². The first kappa shape index (κ1) is 13.9. The van der Waals surface area contributed by atoms with Gasteiger partial charge in [-0.05, 0) is 37.1 Å². The molecule has 0 saturated carbocycles. The van der Waals surface area contributed by atoms with Crippen LogP contribution in [-0.4, -0.2) is 0 Å². The fourth-order valence-electron chi connectivity index (χ4n) is 2.13. The second-order valence-electron chi connectivity index (χ2n) is 4.83. The number of nitrogens with two attached hydrogens (primary N) is 1. The summed E-state index contributed by atoms with van der Waals surface area (Å²) in [5.74, 6) is 1.47. The predicted molar refractivity (Wildman–Crippen MR) is 81.7 cm³/mol. The molecule has 0 spiro atoms. The van der Waals surface area contributed by atoms with Crippen molar-refractivity contribution in [3.05, 3.63) is 64.5 Å². The van der Waals surface area contributed by atoms with Gasteiger partial charge in [0.1, 0.15) is 5.82 Å². The molecule has 0 radical (unpaired) electrons. The minimum Gasteiger partial charge on any atom is -0.398 e. The maximum absolute atomic E-state index is 12.9. The number of hydrogen-bond acceptors (Lipinski definition) is 2. The second kappa shape index (κ2) is 6.11. The molecule has 3 heteroatoms. The molecule has 0 unspecified atom stereocenters. The molecule has 0 heterocycles. The minimum absolute atomic E-state index is 0.277. The maximum Gasteiger partial charge on any atom is 0.125 e. The van der Waals surface area contributed by atoms with Crippen molar-refractivity contribution in [3.63, 3.8) is 0 Å². The highest BCUT2D eigenvalue weighted by Gasteiger charge is 2.02. The van der Waals surface area contributed by atoms with Gasteiger partial charge in [0, 0.05) is 17.2 Å². The van der Waals surface area contributed by atoms with Crippen LogP contribution in [0, 0.1) is 19.7 Å². The van der Waals surface area contributed by atoms with Crippen LogP contribution in [0.4, 0.5) is 10.1 Å². The van der Waals surface area contributed by atoms with E-state index in [0.29, 0.717) is 5.69 Å². The topological polar surface area (TPSA) is 26.0 Å². The van der Waals surface area contributed by atoms with E-state index in [9.17, 15) is 4.39 Å². The van der Waals surface area contributed by atoms with Gasteiger partial charge < -0.3 is 5.73 Å². The number of halogens is 1. The van der Waals surface area contributed by atoms with Crippen molar-refractivity contribution in [3.8, 4) is 0 Å². The number of aryl methyl sites for hydroxylation is 2.